The van der Waals surface area contributed by atoms with Crippen molar-refractivity contribution in [2.24, 2.45) is 5.73 Å². The van der Waals surface area contributed by atoms with Crippen molar-refractivity contribution in [3.63, 3.8) is 0 Å². The topological polar surface area (TPSA) is 117 Å². The van der Waals surface area contributed by atoms with Crippen LogP contribution in [-0.2, 0) is 27.9 Å². The minimum absolute atomic E-state index is 0.0968. The number of carbonyl (C=O) groups is 1. The Hall–Kier alpha value is -1.80. The zero-order chi connectivity index (χ0) is 45.1. The Morgan fingerprint density at radius 3 is 1.35 bits per heavy atom. The molecule has 9 heteroatoms. The highest BCUT2D eigenvalue weighted by molar-refractivity contribution is 7.47. The van der Waals surface area contributed by atoms with Gasteiger partial charge in [-0.05, 0) is 57.8 Å². The fourth-order valence-electron chi connectivity index (χ4n) is 7.20. The third-order valence-electron chi connectivity index (χ3n) is 10.9. The fourth-order valence-corrected chi connectivity index (χ4v) is 7.97. The molecule has 0 aliphatic carbocycles. The molecule has 0 aromatic carbocycles. The van der Waals surface area contributed by atoms with Crippen molar-refractivity contribution >= 4 is 13.8 Å². The summed E-state index contributed by atoms with van der Waals surface area (Å²) in [5.74, 6) is -0.330. The van der Waals surface area contributed by atoms with Crippen LogP contribution in [-0.4, -0.2) is 49.9 Å². The molecule has 2 atom stereocenters. The largest absolute Gasteiger partial charge is 0.472 e. The van der Waals surface area contributed by atoms with Gasteiger partial charge < -0.3 is 20.1 Å². The maximum absolute atomic E-state index is 12.6. The van der Waals surface area contributed by atoms with Crippen molar-refractivity contribution in [1.29, 1.82) is 0 Å². The second-order valence-electron chi connectivity index (χ2n) is 17.0. The number of hydrogen-bond donors (Lipinski definition) is 2. The molecule has 0 fully saturated rings. The molecule has 0 spiro atoms. The van der Waals surface area contributed by atoms with Crippen molar-refractivity contribution in [1.82, 2.24) is 0 Å². The maximum atomic E-state index is 12.6. The van der Waals surface area contributed by atoms with Crippen LogP contribution in [0.15, 0.2) is 60.8 Å². The summed E-state index contributed by atoms with van der Waals surface area (Å²) >= 11 is 0. The summed E-state index contributed by atoms with van der Waals surface area (Å²) in [6.45, 7) is 4.83. The van der Waals surface area contributed by atoms with Gasteiger partial charge in [0.1, 0.15) is 6.10 Å². The molecule has 3 N–H and O–H groups in total. The Morgan fingerprint density at radius 2 is 0.903 bits per heavy atom. The second-order valence-corrected chi connectivity index (χ2v) is 18.5. The van der Waals surface area contributed by atoms with E-state index in [0.29, 0.717) is 13.0 Å². The average Bonchev–Trinajstić information content (AvgIpc) is 3.26. The zero-order valence-electron chi connectivity index (χ0n) is 40.3. The highest BCUT2D eigenvalue weighted by atomic mass is 31.2. The van der Waals surface area contributed by atoms with Gasteiger partial charge in [0.2, 0.25) is 0 Å². The second kappa shape index (κ2) is 50.2. The molecule has 8 nitrogen and oxygen atoms in total. The highest BCUT2D eigenvalue weighted by Crippen LogP contribution is 2.43. The van der Waals surface area contributed by atoms with Crippen LogP contribution in [0.5, 0.6) is 0 Å². The summed E-state index contributed by atoms with van der Waals surface area (Å²) in [6, 6.07) is 0. The first-order valence-corrected chi connectivity index (χ1v) is 27.3. The number of unbranched alkanes of at least 4 members (excludes halogenated alkanes) is 26. The lowest BCUT2D eigenvalue weighted by atomic mass is 10.0. The van der Waals surface area contributed by atoms with Gasteiger partial charge in [0, 0.05) is 19.6 Å². The molecule has 0 amide bonds. The predicted molar refractivity (Wildman–Crippen MR) is 266 cm³/mol. The van der Waals surface area contributed by atoms with Crippen LogP contribution in [0.4, 0.5) is 0 Å². The number of esters is 1. The molecule has 62 heavy (non-hydrogen) atoms. The first-order valence-electron chi connectivity index (χ1n) is 25.8. The van der Waals surface area contributed by atoms with Crippen molar-refractivity contribution in [3.05, 3.63) is 60.8 Å². The number of phosphoric acid groups is 1. The van der Waals surface area contributed by atoms with E-state index in [4.69, 9.17) is 24.3 Å². The van der Waals surface area contributed by atoms with Gasteiger partial charge in [-0.3, -0.25) is 13.8 Å². The Bertz CT molecular complexity index is 1140. The standard InChI is InChI=1S/C53H98NO7P/c1-3-5-7-9-11-13-15-17-19-21-22-23-24-25-26-27-28-29-31-33-35-37-39-41-43-45-48-58-50-52(51-60-62(56,57)59-49-47-54)61-53(55)46-44-42-40-38-36-34-32-30-20-18-16-14-12-10-8-6-4-2/h5,7,11,13,17,19,22-23,25-26,52H,3-4,6,8-10,12,14-16,18,20-21,24,27-51,54H2,1-2H3,(H,56,57)/b7-5-,13-11-,19-17-,23-22-,26-25-. The van der Waals surface area contributed by atoms with E-state index in [1.165, 1.54) is 148 Å². The van der Waals surface area contributed by atoms with Gasteiger partial charge in [-0.2, -0.15) is 0 Å². The van der Waals surface area contributed by atoms with Gasteiger partial charge in [0.25, 0.3) is 0 Å². The highest BCUT2D eigenvalue weighted by Gasteiger charge is 2.25. The molecule has 0 aliphatic heterocycles. The SMILES string of the molecule is CC/C=C\C/C=C\C/C=C\C/C=C\C/C=C\CCCCCCCCCCCCOCC(COP(=O)(O)OCCN)OC(=O)CCCCCCCCCCCCCCCCCCC. The van der Waals surface area contributed by atoms with Crippen molar-refractivity contribution in [3.8, 4) is 0 Å². The first kappa shape index (κ1) is 60.2. The maximum Gasteiger partial charge on any atom is 0.472 e. The lowest BCUT2D eigenvalue weighted by Gasteiger charge is -2.20. The van der Waals surface area contributed by atoms with Gasteiger partial charge in [-0.1, -0.05) is 229 Å². The van der Waals surface area contributed by atoms with Crippen LogP contribution in [0.25, 0.3) is 0 Å². The summed E-state index contributed by atoms with van der Waals surface area (Å²) in [5, 5.41) is 0. The number of nitrogens with two attached hydrogens (primary N) is 1. The van der Waals surface area contributed by atoms with E-state index >= 15 is 0 Å². The third kappa shape index (κ3) is 49.2. The number of ether oxygens (including phenoxy) is 2. The van der Waals surface area contributed by atoms with Crippen molar-refractivity contribution < 1.29 is 32.8 Å². The third-order valence-corrected chi connectivity index (χ3v) is 11.9. The van der Waals surface area contributed by atoms with Gasteiger partial charge in [-0.15, -0.1) is 0 Å². The Kier molecular flexibility index (Phi) is 48.7. The fraction of sp³-hybridized carbons (Fsp3) is 0.792. The summed E-state index contributed by atoms with van der Waals surface area (Å²) in [5.41, 5.74) is 5.39. The molecule has 0 saturated heterocycles. The van der Waals surface area contributed by atoms with Crippen LogP contribution in [0.2, 0.25) is 0 Å². The number of carbonyl (C=O) groups excluding carboxylic acids is 1. The Labute approximate surface area is 383 Å². The Morgan fingerprint density at radius 1 is 0.500 bits per heavy atom. The minimum atomic E-state index is -4.28. The van der Waals surface area contributed by atoms with Crippen molar-refractivity contribution in [2.45, 2.75) is 238 Å². The van der Waals surface area contributed by atoms with E-state index in [1.807, 2.05) is 0 Å². The van der Waals surface area contributed by atoms with Gasteiger partial charge >= 0.3 is 13.8 Å². The van der Waals surface area contributed by atoms with E-state index in [1.54, 1.807) is 0 Å². The quantitative estimate of drug-likeness (QED) is 0.0268. The summed E-state index contributed by atoms with van der Waals surface area (Å²) in [7, 11) is -4.28. The van der Waals surface area contributed by atoms with Crippen LogP contribution < -0.4 is 5.73 Å². The van der Waals surface area contributed by atoms with Gasteiger partial charge in [0.15, 0.2) is 0 Å². The molecule has 0 saturated carbocycles. The van der Waals surface area contributed by atoms with E-state index in [2.05, 4.69) is 74.6 Å². The number of phosphoric ester groups is 1. The van der Waals surface area contributed by atoms with Gasteiger partial charge in [0.05, 0.1) is 19.8 Å². The van der Waals surface area contributed by atoms with Crippen molar-refractivity contribution in [2.75, 3.05) is 33.0 Å². The van der Waals surface area contributed by atoms with E-state index in [0.717, 1.165) is 64.2 Å². The van der Waals surface area contributed by atoms with Gasteiger partial charge in [-0.25, -0.2) is 4.57 Å². The molecule has 0 rings (SSSR count). The van der Waals surface area contributed by atoms with Crippen LogP contribution in [0, 0.1) is 0 Å². The number of allylic oxidation sites excluding steroid dienone is 10. The molecule has 0 heterocycles. The molecular formula is C53H98NO7P. The lowest BCUT2D eigenvalue weighted by molar-refractivity contribution is -0.154. The number of hydrogen-bond acceptors (Lipinski definition) is 7. The van der Waals surface area contributed by atoms with E-state index in [-0.39, 0.29) is 32.3 Å². The average molecular weight is 892 g/mol. The summed E-state index contributed by atoms with van der Waals surface area (Å²) in [6.07, 6.45) is 62.5. The summed E-state index contributed by atoms with van der Waals surface area (Å²) in [4.78, 5) is 22.6. The molecule has 0 aliphatic rings. The lowest BCUT2D eigenvalue weighted by Crippen LogP contribution is -2.28. The molecule has 362 valence electrons. The predicted octanol–water partition coefficient (Wildman–Crippen LogP) is 16.1. The normalized spacial score (nSPS) is 13.8. The van der Waals surface area contributed by atoms with Crippen LogP contribution in [0.3, 0.4) is 0 Å². The smallest absolute Gasteiger partial charge is 0.457 e. The first-order chi connectivity index (χ1) is 30.4. The Balaban J connectivity index is 3.93. The molecule has 0 aromatic heterocycles. The minimum Gasteiger partial charge on any atom is -0.457 e. The molecule has 0 radical (unpaired) electrons. The summed E-state index contributed by atoms with van der Waals surface area (Å²) < 4.78 is 33.6. The van der Waals surface area contributed by atoms with Crippen LogP contribution in [0.1, 0.15) is 232 Å². The van der Waals surface area contributed by atoms with Crippen LogP contribution >= 0.6 is 7.82 Å². The number of rotatable bonds is 49. The monoisotopic (exact) mass is 892 g/mol. The molecular weight excluding hydrogens is 794 g/mol. The van der Waals surface area contributed by atoms with E-state index < -0.39 is 13.9 Å². The molecule has 0 bridgehead atoms. The molecule has 0 aromatic rings. The molecule has 2 unspecified atom stereocenters. The van der Waals surface area contributed by atoms with E-state index in [9.17, 15) is 14.3 Å². The zero-order valence-corrected chi connectivity index (χ0v) is 41.2.